The van der Waals surface area contributed by atoms with Crippen LogP contribution < -0.4 is 16.0 Å². The number of nitrogens with one attached hydrogen (secondary N) is 3. The first-order valence-corrected chi connectivity index (χ1v) is 10.3. The summed E-state index contributed by atoms with van der Waals surface area (Å²) in [7, 11) is 3.29. The number of hydrogen-bond acceptors (Lipinski definition) is 4. The van der Waals surface area contributed by atoms with E-state index in [0.717, 1.165) is 22.5 Å². The molecule has 3 aromatic rings. The van der Waals surface area contributed by atoms with E-state index in [1.54, 1.807) is 38.4 Å². The van der Waals surface area contributed by atoms with Crippen LogP contribution in [0.15, 0.2) is 90.4 Å². The van der Waals surface area contributed by atoms with Crippen LogP contribution in [0.25, 0.3) is 0 Å². The van der Waals surface area contributed by atoms with Gasteiger partial charge in [0, 0.05) is 31.0 Å². The third kappa shape index (κ3) is 5.98. The molecule has 2 amide bonds. The topological polar surface area (TPSA) is 73.5 Å². The number of rotatable bonds is 7. The fraction of sp³-hybridized carbons (Fsp3) is 0.154. The number of likely N-dealkylation sites (N-methyl/N-ethyl adjacent to an activating group) is 1. The molecule has 0 atom stereocenters. The summed E-state index contributed by atoms with van der Waals surface area (Å²) >= 11 is 0. The zero-order chi connectivity index (χ0) is 23.1. The number of nitrogens with zero attached hydrogens (tertiary/aromatic N) is 1. The summed E-state index contributed by atoms with van der Waals surface area (Å²) in [6.07, 6.45) is 0. The fourth-order valence-electron chi connectivity index (χ4n) is 2.94. The molecule has 3 aromatic carbocycles. The molecule has 0 radical (unpaired) electrons. The molecule has 3 rings (SSSR count). The number of aryl methyl sites for hydroxylation is 2. The minimum Gasteiger partial charge on any atom is -0.343 e. The van der Waals surface area contributed by atoms with Gasteiger partial charge >= 0.3 is 0 Å². The Morgan fingerprint density at radius 1 is 0.688 bits per heavy atom. The minimum absolute atomic E-state index is 0.116. The molecule has 0 fully saturated rings. The van der Waals surface area contributed by atoms with Crippen molar-refractivity contribution in [3.63, 3.8) is 0 Å². The standard InChI is InChI=1S/C26H28N4O2/c1-18-10-14-21(15-11-18)27-24(28-22-16-12-19(2)13-17-22)23(26(32)30(3)4)29-25(31)20-8-6-5-7-9-20/h5-17,27-28H,1-4H3,(H,29,31). The van der Waals surface area contributed by atoms with Crippen molar-refractivity contribution in [2.75, 3.05) is 24.7 Å². The van der Waals surface area contributed by atoms with E-state index in [9.17, 15) is 9.59 Å². The zero-order valence-corrected chi connectivity index (χ0v) is 18.8. The molecular weight excluding hydrogens is 400 g/mol. The molecule has 6 heteroatoms. The Morgan fingerprint density at radius 3 is 1.59 bits per heavy atom. The van der Waals surface area contributed by atoms with Gasteiger partial charge in [-0.2, -0.15) is 0 Å². The van der Waals surface area contributed by atoms with Crippen molar-refractivity contribution in [3.8, 4) is 0 Å². The lowest BCUT2D eigenvalue weighted by atomic mass is 10.2. The first-order valence-electron chi connectivity index (χ1n) is 10.3. The highest BCUT2D eigenvalue weighted by Crippen LogP contribution is 2.18. The Hall–Kier alpha value is -4.06. The number of benzene rings is 3. The van der Waals surface area contributed by atoms with Crippen LogP contribution in [0.5, 0.6) is 0 Å². The van der Waals surface area contributed by atoms with Crippen LogP contribution in [0.2, 0.25) is 0 Å². The third-order valence-corrected chi connectivity index (χ3v) is 4.79. The van der Waals surface area contributed by atoms with Crippen LogP contribution >= 0.6 is 0 Å². The van der Waals surface area contributed by atoms with Gasteiger partial charge in [0.05, 0.1) is 0 Å². The lowest BCUT2D eigenvalue weighted by Crippen LogP contribution is -2.37. The Bertz CT molecular complexity index is 1050. The van der Waals surface area contributed by atoms with E-state index in [0.29, 0.717) is 11.4 Å². The second-order valence-electron chi connectivity index (χ2n) is 7.75. The lowest BCUT2D eigenvalue weighted by molar-refractivity contribution is -0.125. The molecule has 0 aliphatic rings. The van der Waals surface area contributed by atoms with E-state index in [-0.39, 0.29) is 17.5 Å². The minimum atomic E-state index is -0.371. The summed E-state index contributed by atoms with van der Waals surface area (Å²) in [5.74, 6) is -0.339. The molecule has 0 aromatic heterocycles. The number of amides is 2. The molecule has 0 bridgehead atoms. The van der Waals surface area contributed by atoms with Gasteiger partial charge in [0.25, 0.3) is 11.8 Å². The van der Waals surface area contributed by atoms with Crippen molar-refractivity contribution in [3.05, 3.63) is 107 Å². The molecule has 0 saturated heterocycles. The normalized spacial score (nSPS) is 10.1. The largest absolute Gasteiger partial charge is 0.343 e. The SMILES string of the molecule is Cc1ccc(NC(Nc2ccc(C)cc2)=C(NC(=O)c2ccccc2)C(=O)N(C)C)cc1. The van der Waals surface area contributed by atoms with E-state index < -0.39 is 0 Å². The molecule has 0 spiro atoms. The monoisotopic (exact) mass is 428 g/mol. The fourth-order valence-corrected chi connectivity index (χ4v) is 2.94. The van der Waals surface area contributed by atoms with Crippen molar-refractivity contribution in [2.45, 2.75) is 13.8 Å². The van der Waals surface area contributed by atoms with Gasteiger partial charge in [0.1, 0.15) is 11.5 Å². The zero-order valence-electron chi connectivity index (χ0n) is 18.8. The molecule has 32 heavy (non-hydrogen) atoms. The maximum Gasteiger partial charge on any atom is 0.273 e. The predicted octanol–water partition coefficient (Wildman–Crippen LogP) is 4.51. The average molecular weight is 429 g/mol. The summed E-state index contributed by atoms with van der Waals surface area (Å²) in [6, 6.07) is 24.4. The third-order valence-electron chi connectivity index (χ3n) is 4.79. The van der Waals surface area contributed by atoms with E-state index >= 15 is 0 Å². The molecule has 0 aliphatic heterocycles. The number of anilines is 2. The Balaban J connectivity index is 2.05. The molecule has 3 N–H and O–H groups in total. The van der Waals surface area contributed by atoms with Gasteiger partial charge in [0.15, 0.2) is 0 Å². The van der Waals surface area contributed by atoms with Crippen LogP contribution in [0.3, 0.4) is 0 Å². The Kier molecular flexibility index (Phi) is 7.29. The molecule has 0 unspecified atom stereocenters. The second kappa shape index (κ2) is 10.3. The number of carbonyl (C=O) groups excluding carboxylic acids is 2. The van der Waals surface area contributed by atoms with Gasteiger partial charge in [-0.15, -0.1) is 0 Å². The van der Waals surface area contributed by atoms with Crippen LogP contribution in [0, 0.1) is 13.8 Å². The summed E-state index contributed by atoms with van der Waals surface area (Å²) in [4.78, 5) is 27.4. The highest BCUT2D eigenvalue weighted by atomic mass is 16.2. The lowest BCUT2D eigenvalue weighted by Gasteiger charge is -2.21. The van der Waals surface area contributed by atoms with Crippen LogP contribution in [-0.4, -0.2) is 30.8 Å². The van der Waals surface area contributed by atoms with Gasteiger partial charge in [-0.3, -0.25) is 9.59 Å². The predicted molar refractivity (Wildman–Crippen MR) is 129 cm³/mol. The van der Waals surface area contributed by atoms with Crippen LogP contribution in [-0.2, 0) is 4.79 Å². The molecule has 0 heterocycles. The number of carbonyl (C=O) groups is 2. The summed E-state index contributed by atoms with van der Waals surface area (Å²) < 4.78 is 0. The van der Waals surface area contributed by atoms with Gasteiger partial charge in [-0.05, 0) is 50.2 Å². The van der Waals surface area contributed by atoms with Crippen molar-refractivity contribution in [2.24, 2.45) is 0 Å². The highest BCUT2D eigenvalue weighted by molar-refractivity contribution is 6.03. The van der Waals surface area contributed by atoms with Crippen molar-refractivity contribution in [1.82, 2.24) is 10.2 Å². The highest BCUT2D eigenvalue weighted by Gasteiger charge is 2.21. The molecule has 0 saturated carbocycles. The van der Waals surface area contributed by atoms with E-state index in [2.05, 4.69) is 16.0 Å². The molecule has 164 valence electrons. The number of hydrogen-bond donors (Lipinski definition) is 3. The second-order valence-corrected chi connectivity index (χ2v) is 7.75. The summed E-state index contributed by atoms with van der Waals surface area (Å²) in [5.41, 5.74) is 4.38. The summed E-state index contributed by atoms with van der Waals surface area (Å²) in [6.45, 7) is 4.01. The van der Waals surface area contributed by atoms with Gasteiger partial charge < -0.3 is 20.9 Å². The average Bonchev–Trinajstić information content (AvgIpc) is 2.80. The molecule has 0 aliphatic carbocycles. The summed E-state index contributed by atoms with van der Waals surface area (Å²) in [5, 5.41) is 9.34. The van der Waals surface area contributed by atoms with Crippen LogP contribution in [0.4, 0.5) is 11.4 Å². The van der Waals surface area contributed by atoms with Gasteiger partial charge in [0.2, 0.25) is 0 Å². The van der Waals surface area contributed by atoms with Gasteiger partial charge in [-0.1, -0.05) is 53.6 Å². The van der Waals surface area contributed by atoms with Gasteiger partial charge in [-0.25, -0.2) is 0 Å². The van der Waals surface area contributed by atoms with Crippen molar-refractivity contribution in [1.29, 1.82) is 0 Å². The Morgan fingerprint density at radius 2 is 1.16 bits per heavy atom. The van der Waals surface area contributed by atoms with Crippen molar-refractivity contribution >= 4 is 23.2 Å². The smallest absolute Gasteiger partial charge is 0.273 e. The Labute approximate surface area is 189 Å². The van der Waals surface area contributed by atoms with Crippen molar-refractivity contribution < 1.29 is 9.59 Å². The van der Waals surface area contributed by atoms with E-state index in [1.807, 2.05) is 68.4 Å². The van der Waals surface area contributed by atoms with Crippen LogP contribution in [0.1, 0.15) is 21.5 Å². The molecular formula is C26H28N4O2. The van der Waals surface area contributed by atoms with E-state index in [4.69, 9.17) is 0 Å². The maximum absolute atomic E-state index is 13.1. The molecule has 6 nitrogen and oxygen atoms in total. The van der Waals surface area contributed by atoms with E-state index in [1.165, 1.54) is 4.90 Å². The quantitative estimate of drug-likeness (QED) is 0.484. The first kappa shape index (κ1) is 22.6. The first-order chi connectivity index (χ1) is 15.3. The maximum atomic E-state index is 13.1.